The van der Waals surface area contributed by atoms with Crippen molar-refractivity contribution < 1.29 is 5.11 Å². The predicted octanol–water partition coefficient (Wildman–Crippen LogP) is 0.901. The van der Waals surface area contributed by atoms with Gasteiger partial charge in [-0.05, 0) is 19.9 Å². The summed E-state index contributed by atoms with van der Waals surface area (Å²) in [6.07, 6.45) is 5.64. The van der Waals surface area contributed by atoms with Crippen LogP contribution in [0.1, 0.15) is 32.1 Å². The maximum atomic E-state index is 9.81. The first-order valence-electron chi connectivity index (χ1n) is 4.14. The molecule has 0 aromatic rings. The summed E-state index contributed by atoms with van der Waals surface area (Å²) < 4.78 is 0. The Balaban J connectivity index is 2.32. The molecule has 1 rings (SSSR count). The van der Waals surface area contributed by atoms with Gasteiger partial charge in [0.1, 0.15) is 0 Å². The summed E-state index contributed by atoms with van der Waals surface area (Å²) in [5, 5.41) is 12.8. The van der Waals surface area contributed by atoms with Crippen LogP contribution in [0.2, 0.25) is 0 Å². The van der Waals surface area contributed by atoms with Gasteiger partial charge >= 0.3 is 0 Å². The second kappa shape index (κ2) is 3.35. The molecule has 10 heavy (non-hydrogen) atoms. The average Bonchev–Trinajstić information content (AvgIpc) is 1.89. The minimum absolute atomic E-state index is 0.382. The van der Waals surface area contributed by atoms with Crippen LogP contribution in [0.25, 0.3) is 0 Å². The number of nitrogens with one attached hydrogen (secondary N) is 1. The molecule has 1 saturated carbocycles. The van der Waals surface area contributed by atoms with Gasteiger partial charge in [0.05, 0.1) is 5.60 Å². The van der Waals surface area contributed by atoms with E-state index in [-0.39, 0.29) is 5.60 Å². The van der Waals surface area contributed by atoms with Gasteiger partial charge in [0.15, 0.2) is 0 Å². The van der Waals surface area contributed by atoms with Gasteiger partial charge in [-0.15, -0.1) is 0 Å². The Hall–Kier alpha value is -0.0800. The van der Waals surface area contributed by atoms with Gasteiger partial charge in [0, 0.05) is 6.54 Å². The first-order chi connectivity index (χ1) is 4.77. The summed E-state index contributed by atoms with van der Waals surface area (Å²) in [4.78, 5) is 0. The van der Waals surface area contributed by atoms with Crippen molar-refractivity contribution in [1.29, 1.82) is 0 Å². The van der Waals surface area contributed by atoms with Crippen LogP contribution >= 0.6 is 0 Å². The van der Waals surface area contributed by atoms with Crippen LogP contribution in [-0.4, -0.2) is 24.3 Å². The van der Waals surface area contributed by atoms with Crippen LogP contribution in [0.15, 0.2) is 0 Å². The summed E-state index contributed by atoms with van der Waals surface area (Å²) in [6, 6.07) is 0. The van der Waals surface area contributed by atoms with E-state index in [2.05, 4.69) is 5.32 Å². The van der Waals surface area contributed by atoms with Gasteiger partial charge in [-0.25, -0.2) is 0 Å². The molecule has 2 N–H and O–H groups in total. The quantitative estimate of drug-likeness (QED) is 0.602. The molecule has 1 fully saturated rings. The Morgan fingerprint density at radius 1 is 1.30 bits per heavy atom. The number of aliphatic hydroxyl groups is 1. The highest BCUT2D eigenvalue weighted by molar-refractivity contribution is 4.83. The first-order valence-corrected chi connectivity index (χ1v) is 4.14. The summed E-state index contributed by atoms with van der Waals surface area (Å²) >= 11 is 0. The van der Waals surface area contributed by atoms with E-state index in [0.29, 0.717) is 0 Å². The predicted molar refractivity (Wildman–Crippen MR) is 42.0 cm³/mol. The molecule has 0 unspecified atom stereocenters. The molecule has 2 heteroatoms. The van der Waals surface area contributed by atoms with E-state index in [9.17, 15) is 5.11 Å². The highest BCUT2D eigenvalue weighted by Gasteiger charge is 2.27. The molecule has 2 nitrogen and oxygen atoms in total. The van der Waals surface area contributed by atoms with Crippen molar-refractivity contribution in [2.24, 2.45) is 0 Å². The topological polar surface area (TPSA) is 32.3 Å². The number of likely N-dealkylation sites (N-methyl/N-ethyl adjacent to an activating group) is 1. The molecule has 0 radical (unpaired) electrons. The summed E-state index contributed by atoms with van der Waals surface area (Å²) in [6.45, 7) is 0.757. The zero-order chi connectivity index (χ0) is 7.45. The van der Waals surface area contributed by atoms with Crippen molar-refractivity contribution in [3.63, 3.8) is 0 Å². The number of hydrogen-bond donors (Lipinski definition) is 2. The van der Waals surface area contributed by atoms with E-state index in [1.54, 1.807) is 0 Å². The van der Waals surface area contributed by atoms with Crippen LogP contribution in [-0.2, 0) is 0 Å². The molecule has 1 aliphatic rings. The van der Waals surface area contributed by atoms with Gasteiger partial charge in [-0.1, -0.05) is 19.3 Å². The largest absolute Gasteiger partial charge is 0.389 e. The monoisotopic (exact) mass is 143 g/mol. The maximum absolute atomic E-state index is 9.81. The fraction of sp³-hybridized carbons (Fsp3) is 1.00. The zero-order valence-electron chi connectivity index (χ0n) is 6.69. The van der Waals surface area contributed by atoms with E-state index in [1.807, 2.05) is 7.05 Å². The zero-order valence-corrected chi connectivity index (χ0v) is 6.69. The second-order valence-electron chi connectivity index (χ2n) is 3.32. The third-order valence-corrected chi connectivity index (χ3v) is 2.29. The molecule has 60 valence electrons. The fourth-order valence-corrected chi connectivity index (χ4v) is 1.72. The van der Waals surface area contributed by atoms with Crippen LogP contribution in [0.4, 0.5) is 0 Å². The molecule has 0 amide bonds. The standard InChI is InChI=1S/C8H17NO/c1-9-7-8(10)5-3-2-4-6-8/h9-10H,2-7H2,1H3. The average molecular weight is 143 g/mol. The molecule has 0 bridgehead atoms. The SMILES string of the molecule is CNCC1(O)CCCCC1. The molecule has 1 aliphatic carbocycles. The molecule has 0 heterocycles. The van der Waals surface area contributed by atoms with Gasteiger partial charge < -0.3 is 10.4 Å². The van der Waals surface area contributed by atoms with Crippen LogP contribution in [0.3, 0.4) is 0 Å². The van der Waals surface area contributed by atoms with E-state index in [4.69, 9.17) is 0 Å². The highest BCUT2D eigenvalue weighted by Crippen LogP contribution is 2.26. The van der Waals surface area contributed by atoms with Crippen molar-refractivity contribution in [1.82, 2.24) is 5.32 Å². The lowest BCUT2D eigenvalue weighted by molar-refractivity contribution is 0.00658. The van der Waals surface area contributed by atoms with Crippen molar-refractivity contribution in [3.8, 4) is 0 Å². The van der Waals surface area contributed by atoms with Crippen molar-refractivity contribution in [3.05, 3.63) is 0 Å². The maximum Gasteiger partial charge on any atom is 0.0771 e. The van der Waals surface area contributed by atoms with Gasteiger partial charge in [-0.3, -0.25) is 0 Å². The van der Waals surface area contributed by atoms with Crippen molar-refractivity contribution in [2.75, 3.05) is 13.6 Å². The van der Waals surface area contributed by atoms with Crippen LogP contribution in [0, 0.1) is 0 Å². The third-order valence-electron chi connectivity index (χ3n) is 2.29. The fourth-order valence-electron chi connectivity index (χ4n) is 1.72. The van der Waals surface area contributed by atoms with Gasteiger partial charge in [0.25, 0.3) is 0 Å². The lowest BCUT2D eigenvalue weighted by Crippen LogP contribution is -2.40. The normalized spacial score (nSPS) is 24.6. The van der Waals surface area contributed by atoms with Gasteiger partial charge in [-0.2, -0.15) is 0 Å². The number of hydrogen-bond acceptors (Lipinski definition) is 2. The minimum atomic E-state index is -0.382. The van der Waals surface area contributed by atoms with Crippen LogP contribution < -0.4 is 5.32 Å². The Kier molecular flexibility index (Phi) is 2.69. The van der Waals surface area contributed by atoms with Crippen molar-refractivity contribution in [2.45, 2.75) is 37.7 Å². The lowest BCUT2D eigenvalue weighted by Gasteiger charge is -2.31. The highest BCUT2D eigenvalue weighted by atomic mass is 16.3. The number of rotatable bonds is 2. The minimum Gasteiger partial charge on any atom is -0.389 e. The Labute approximate surface area is 62.6 Å². The molecule has 0 aromatic carbocycles. The molecule has 0 saturated heterocycles. The summed E-state index contributed by atoms with van der Waals surface area (Å²) in [7, 11) is 1.90. The van der Waals surface area contributed by atoms with Gasteiger partial charge in [0.2, 0.25) is 0 Å². The van der Waals surface area contributed by atoms with E-state index in [1.165, 1.54) is 19.3 Å². The Morgan fingerprint density at radius 3 is 2.40 bits per heavy atom. The molecule has 0 aromatic heterocycles. The lowest BCUT2D eigenvalue weighted by atomic mass is 9.85. The summed E-state index contributed by atoms with van der Waals surface area (Å²) in [5.41, 5.74) is -0.382. The van der Waals surface area contributed by atoms with E-state index in [0.717, 1.165) is 19.4 Å². The summed E-state index contributed by atoms with van der Waals surface area (Å²) in [5.74, 6) is 0. The molecule has 0 atom stereocenters. The van der Waals surface area contributed by atoms with E-state index < -0.39 is 0 Å². The molecule has 0 aliphatic heterocycles. The first kappa shape index (κ1) is 8.02. The smallest absolute Gasteiger partial charge is 0.0771 e. The molecular weight excluding hydrogens is 126 g/mol. The van der Waals surface area contributed by atoms with Crippen molar-refractivity contribution >= 4 is 0 Å². The Bertz CT molecular complexity index is 91.9. The Morgan fingerprint density at radius 2 is 1.90 bits per heavy atom. The second-order valence-corrected chi connectivity index (χ2v) is 3.32. The molecule has 0 spiro atoms. The molecular formula is C8H17NO. The van der Waals surface area contributed by atoms with E-state index >= 15 is 0 Å². The van der Waals surface area contributed by atoms with Crippen LogP contribution in [0.5, 0.6) is 0 Å². The third kappa shape index (κ3) is 1.96.